The maximum absolute atomic E-state index is 13.9. The minimum absolute atomic E-state index is 0.00449. The van der Waals surface area contributed by atoms with Crippen LogP contribution in [0.25, 0.3) is 16.9 Å². The Kier molecular flexibility index (Phi) is 8.31. The summed E-state index contributed by atoms with van der Waals surface area (Å²) in [6.45, 7) is -2.77. The Morgan fingerprint density at radius 1 is 0.857 bits per heavy atom. The van der Waals surface area contributed by atoms with Gasteiger partial charge in [0.15, 0.2) is 11.3 Å². The molecular formula is C25H19F6N5O5S. The minimum Gasteiger partial charge on any atom is -0.394 e. The van der Waals surface area contributed by atoms with Crippen LogP contribution in [0.2, 0.25) is 0 Å². The van der Waals surface area contributed by atoms with E-state index in [4.69, 9.17) is 0 Å². The van der Waals surface area contributed by atoms with Crippen LogP contribution in [0.3, 0.4) is 0 Å². The molecule has 0 saturated heterocycles. The van der Waals surface area contributed by atoms with E-state index >= 15 is 0 Å². The number of halogens is 6. The molecule has 4 aromatic rings. The van der Waals surface area contributed by atoms with E-state index in [1.807, 2.05) is 4.72 Å². The lowest BCUT2D eigenvalue weighted by atomic mass is 10.1. The zero-order chi connectivity index (χ0) is 30.9. The zero-order valence-corrected chi connectivity index (χ0v) is 21.8. The van der Waals surface area contributed by atoms with Gasteiger partial charge in [0, 0.05) is 29.6 Å². The summed E-state index contributed by atoms with van der Waals surface area (Å²) in [4.78, 5) is 7.39. The number of fused-ring (bicyclic) bond motifs is 1. The molecule has 4 rings (SSSR count). The SMILES string of the molecule is O=S(=O)(NC(CO)(CO)CO)c1cncc(C#Cc2cc3nc(-c4ccc(C(F)(F)F)cc4)cc(C(F)(F)F)n3n2)c1. The second-order valence-electron chi connectivity index (χ2n) is 8.92. The molecule has 0 atom stereocenters. The Balaban J connectivity index is 1.71. The minimum atomic E-state index is -4.93. The highest BCUT2D eigenvalue weighted by atomic mass is 32.2. The van der Waals surface area contributed by atoms with Crippen molar-refractivity contribution >= 4 is 15.7 Å². The number of pyridine rings is 1. The van der Waals surface area contributed by atoms with Crippen molar-refractivity contribution in [2.24, 2.45) is 0 Å². The Morgan fingerprint density at radius 2 is 1.50 bits per heavy atom. The van der Waals surface area contributed by atoms with Crippen molar-refractivity contribution in [1.82, 2.24) is 24.3 Å². The molecule has 0 aliphatic heterocycles. The van der Waals surface area contributed by atoms with Gasteiger partial charge >= 0.3 is 12.4 Å². The van der Waals surface area contributed by atoms with E-state index in [1.165, 1.54) is 0 Å². The third-order valence-electron chi connectivity index (χ3n) is 5.84. The number of nitrogens with one attached hydrogen (secondary N) is 1. The zero-order valence-electron chi connectivity index (χ0n) is 20.9. The number of hydrogen-bond acceptors (Lipinski definition) is 8. The van der Waals surface area contributed by atoms with E-state index in [9.17, 15) is 50.1 Å². The first-order valence-electron chi connectivity index (χ1n) is 11.6. The van der Waals surface area contributed by atoms with Crippen molar-refractivity contribution < 1.29 is 50.1 Å². The largest absolute Gasteiger partial charge is 0.433 e. The molecule has 0 fully saturated rings. The number of hydrogen-bond donors (Lipinski definition) is 4. The quantitative estimate of drug-likeness (QED) is 0.183. The summed E-state index contributed by atoms with van der Waals surface area (Å²) in [5, 5.41) is 32.0. The Hall–Kier alpha value is -4.08. The Morgan fingerprint density at radius 3 is 2.07 bits per heavy atom. The number of aliphatic hydroxyl groups excluding tert-OH is 3. The normalized spacial score (nSPS) is 12.8. The van der Waals surface area contributed by atoms with Crippen molar-refractivity contribution in [3.63, 3.8) is 0 Å². The molecule has 4 N–H and O–H groups in total. The number of alkyl halides is 6. The second-order valence-corrected chi connectivity index (χ2v) is 10.6. The van der Waals surface area contributed by atoms with Crippen LogP contribution >= 0.6 is 0 Å². The van der Waals surface area contributed by atoms with Crippen molar-refractivity contribution in [3.8, 4) is 23.1 Å². The highest BCUT2D eigenvalue weighted by Gasteiger charge is 2.36. The van der Waals surface area contributed by atoms with Crippen LogP contribution in [0.15, 0.2) is 59.8 Å². The average molecular weight is 616 g/mol. The molecule has 42 heavy (non-hydrogen) atoms. The van der Waals surface area contributed by atoms with Crippen LogP contribution in [0, 0.1) is 11.8 Å². The first-order chi connectivity index (χ1) is 19.6. The molecule has 0 spiro atoms. The van der Waals surface area contributed by atoms with Crippen molar-refractivity contribution in [1.29, 1.82) is 0 Å². The van der Waals surface area contributed by atoms with Gasteiger partial charge in [-0.15, -0.1) is 0 Å². The summed E-state index contributed by atoms with van der Waals surface area (Å²) < 4.78 is 108. The lowest BCUT2D eigenvalue weighted by Gasteiger charge is -2.28. The third kappa shape index (κ3) is 6.53. The molecule has 17 heteroatoms. The number of nitrogens with zero attached hydrogens (tertiary/aromatic N) is 4. The molecule has 0 saturated carbocycles. The average Bonchev–Trinajstić information content (AvgIpc) is 3.36. The second kappa shape index (κ2) is 11.3. The summed E-state index contributed by atoms with van der Waals surface area (Å²) in [7, 11) is -4.42. The van der Waals surface area contributed by atoms with Crippen molar-refractivity contribution in [2.75, 3.05) is 19.8 Å². The predicted octanol–water partition coefficient (Wildman–Crippen LogP) is 2.22. The number of rotatable bonds is 7. The third-order valence-corrected chi connectivity index (χ3v) is 7.39. The van der Waals surface area contributed by atoms with E-state index in [-0.39, 0.29) is 28.2 Å². The number of benzene rings is 1. The molecule has 0 aliphatic rings. The molecule has 222 valence electrons. The van der Waals surface area contributed by atoms with Gasteiger partial charge in [-0.05, 0) is 30.2 Å². The standard InChI is InChI=1S/C25H19F6N5O5S/c26-24(27,28)17-4-2-16(3-5-17)20-9-21(25(29,30)31)36-22(33-20)8-18(34-36)6-1-15-7-19(11-32-10-15)42(40,41)35-23(12-37,13-38)14-39/h2-5,7-11,35,37-39H,12-14H2. The summed E-state index contributed by atoms with van der Waals surface area (Å²) in [6, 6.07) is 6.21. The fraction of sp³-hybridized carbons (Fsp3) is 0.240. The lowest BCUT2D eigenvalue weighted by Crippen LogP contribution is -2.56. The van der Waals surface area contributed by atoms with Crippen LogP contribution in [0.4, 0.5) is 26.3 Å². The molecule has 10 nitrogen and oxygen atoms in total. The number of sulfonamides is 1. The molecule has 0 aliphatic carbocycles. The Bertz CT molecular complexity index is 1770. The van der Waals surface area contributed by atoms with Gasteiger partial charge in [0.05, 0.1) is 31.1 Å². The van der Waals surface area contributed by atoms with E-state index in [0.717, 1.165) is 48.8 Å². The summed E-state index contributed by atoms with van der Waals surface area (Å²) >= 11 is 0. The molecule has 0 radical (unpaired) electrons. The van der Waals surface area contributed by atoms with Crippen molar-refractivity contribution in [3.05, 3.63) is 77.4 Å². The molecular weight excluding hydrogens is 596 g/mol. The first-order valence-corrected chi connectivity index (χ1v) is 13.1. The van der Waals surface area contributed by atoms with Gasteiger partial charge in [-0.3, -0.25) is 4.98 Å². The van der Waals surface area contributed by atoms with Crippen LogP contribution in [-0.4, -0.2) is 68.7 Å². The summed E-state index contributed by atoms with van der Waals surface area (Å²) in [5.74, 6) is 5.00. The van der Waals surface area contributed by atoms with Crippen molar-refractivity contribution in [2.45, 2.75) is 22.8 Å². The van der Waals surface area contributed by atoms with Gasteiger partial charge in [-0.1, -0.05) is 18.1 Å². The monoisotopic (exact) mass is 615 g/mol. The van der Waals surface area contributed by atoms with Crippen LogP contribution < -0.4 is 4.72 Å². The smallest absolute Gasteiger partial charge is 0.394 e. The van der Waals surface area contributed by atoms with E-state index in [0.29, 0.717) is 10.6 Å². The molecule has 1 aromatic carbocycles. The fourth-order valence-electron chi connectivity index (χ4n) is 3.58. The predicted molar refractivity (Wildman–Crippen MR) is 133 cm³/mol. The van der Waals surface area contributed by atoms with Gasteiger partial charge in [0.25, 0.3) is 0 Å². The van der Waals surface area contributed by atoms with Gasteiger partial charge in [-0.2, -0.15) is 36.2 Å². The fourth-order valence-corrected chi connectivity index (χ4v) is 4.94. The Labute approximate surface area is 233 Å². The van der Waals surface area contributed by atoms with E-state index < -0.39 is 63.9 Å². The number of aliphatic hydroxyl groups is 3. The molecule has 0 unspecified atom stereocenters. The molecule has 3 aromatic heterocycles. The van der Waals surface area contributed by atoms with Gasteiger partial charge in [0.1, 0.15) is 16.1 Å². The maximum Gasteiger partial charge on any atom is 0.433 e. The lowest BCUT2D eigenvalue weighted by molar-refractivity contribution is -0.142. The summed E-state index contributed by atoms with van der Waals surface area (Å²) in [6.07, 6.45) is -7.48. The molecule has 0 bridgehead atoms. The van der Waals surface area contributed by atoms with E-state index in [1.54, 1.807) is 0 Å². The molecule has 0 amide bonds. The van der Waals surface area contributed by atoms with Gasteiger partial charge < -0.3 is 15.3 Å². The molecule has 3 heterocycles. The highest BCUT2D eigenvalue weighted by Crippen LogP contribution is 2.34. The topological polar surface area (TPSA) is 150 Å². The highest BCUT2D eigenvalue weighted by molar-refractivity contribution is 7.89. The van der Waals surface area contributed by atoms with Gasteiger partial charge in [0.2, 0.25) is 10.0 Å². The first kappa shape index (κ1) is 30.9. The summed E-state index contributed by atoms with van der Waals surface area (Å²) in [5.41, 5.74) is -5.00. The van der Waals surface area contributed by atoms with E-state index in [2.05, 4.69) is 26.9 Å². The van der Waals surface area contributed by atoms with Crippen LogP contribution in [0.5, 0.6) is 0 Å². The number of aromatic nitrogens is 4. The van der Waals surface area contributed by atoms with Crippen LogP contribution in [-0.2, 0) is 22.4 Å². The maximum atomic E-state index is 13.9. The van der Waals surface area contributed by atoms with Crippen LogP contribution in [0.1, 0.15) is 22.5 Å². The van der Waals surface area contributed by atoms with Gasteiger partial charge in [-0.25, -0.2) is 17.9 Å².